The number of H-pyrrole nitrogens is 1. The Kier molecular flexibility index (Phi) is 3.12. The molecule has 1 aliphatic heterocycles. The number of aromatic nitrogens is 4. The molecule has 0 bridgehead atoms. The number of amides is 1. The van der Waals surface area contributed by atoms with E-state index >= 15 is 0 Å². The zero-order chi connectivity index (χ0) is 16.8. The van der Waals surface area contributed by atoms with Crippen LogP contribution in [0.15, 0.2) is 23.0 Å². The number of nitrogens with zero attached hydrogens (tertiary/aromatic N) is 3. The number of hydrogen-bond acceptors (Lipinski definition) is 5. The molecule has 4 rings (SSSR count). The molecule has 0 aliphatic carbocycles. The van der Waals surface area contributed by atoms with Gasteiger partial charge in [0.25, 0.3) is 17.2 Å². The van der Waals surface area contributed by atoms with Crippen LogP contribution in [-0.4, -0.2) is 32.1 Å². The molecule has 0 saturated heterocycles. The SMILES string of the molecule is Cc1nc2nc(C)c(NC(=O)c3ccc4c(c3)CCO4)c(=O)n2[nH]1. The number of aromatic amines is 1. The standard InChI is InChI=1S/C16H15N5O3/c1-8-13(15(23)21-16(17-8)18-9(2)20-21)19-14(22)11-3-4-12-10(7-11)5-6-24-12/h3-4,7H,5-6H2,1-2H3,(H,19,22)(H,17,18,20). The fraction of sp³-hybridized carbons (Fsp3) is 0.250. The van der Waals surface area contributed by atoms with Crippen LogP contribution in [-0.2, 0) is 6.42 Å². The fourth-order valence-corrected chi connectivity index (χ4v) is 2.78. The molecule has 0 fully saturated rings. The minimum absolute atomic E-state index is 0.137. The summed E-state index contributed by atoms with van der Waals surface area (Å²) in [6, 6.07) is 5.24. The highest BCUT2D eigenvalue weighted by Crippen LogP contribution is 2.26. The first-order valence-electron chi connectivity index (χ1n) is 7.56. The van der Waals surface area contributed by atoms with Crippen LogP contribution in [0.1, 0.15) is 27.4 Å². The lowest BCUT2D eigenvalue weighted by atomic mass is 10.1. The van der Waals surface area contributed by atoms with E-state index < -0.39 is 5.56 Å². The van der Waals surface area contributed by atoms with Crippen molar-refractivity contribution in [3.05, 3.63) is 51.2 Å². The Hall–Kier alpha value is -3.16. The van der Waals surface area contributed by atoms with Gasteiger partial charge in [0.2, 0.25) is 0 Å². The molecule has 1 amide bonds. The van der Waals surface area contributed by atoms with Gasteiger partial charge in [0, 0.05) is 12.0 Å². The number of nitrogens with one attached hydrogen (secondary N) is 2. The molecule has 0 saturated carbocycles. The van der Waals surface area contributed by atoms with Gasteiger partial charge in [0.1, 0.15) is 17.3 Å². The zero-order valence-electron chi connectivity index (χ0n) is 13.2. The van der Waals surface area contributed by atoms with Crippen LogP contribution in [0.4, 0.5) is 5.69 Å². The molecule has 3 aromatic rings. The van der Waals surface area contributed by atoms with Crippen LogP contribution in [0.2, 0.25) is 0 Å². The number of rotatable bonds is 2. The van der Waals surface area contributed by atoms with E-state index in [9.17, 15) is 9.59 Å². The topological polar surface area (TPSA) is 101 Å². The molecule has 8 heteroatoms. The monoisotopic (exact) mass is 325 g/mol. The summed E-state index contributed by atoms with van der Waals surface area (Å²) in [5.74, 6) is 1.30. The quantitative estimate of drug-likeness (QED) is 0.738. The summed E-state index contributed by atoms with van der Waals surface area (Å²) in [5, 5.41) is 5.47. The Morgan fingerprint density at radius 3 is 3.00 bits per heavy atom. The minimum atomic E-state index is -0.393. The van der Waals surface area contributed by atoms with Crippen LogP contribution in [0.25, 0.3) is 5.78 Å². The van der Waals surface area contributed by atoms with Gasteiger partial charge in [-0.25, -0.2) is 4.98 Å². The summed E-state index contributed by atoms with van der Waals surface area (Å²) in [4.78, 5) is 33.4. The summed E-state index contributed by atoms with van der Waals surface area (Å²) in [6.45, 7) is 4.02. The second kappa shape index (κ2) is 5.19. The Bertz CT molecular complexity index is 1030. The van der Waals surface area contributed by atoms with E-state index in [0.29, 0.717) is 23.7 Å². The van der Waals surface area contributed by atoms with Crippen molar-refractivity contribution < 1.29 is 9.53 Å². The average molecular weight is 325 g/mol. The maximum absolute atomic E-state index is 12.5. The predicted octanol–water partition coefficient (Wildman–Crippen LogP) is 1.22. The number of aryl methyl sites for hydroxylation is 2. The van der Waals surface area contributed by atoms with E-state index in [4.69, 9.17) is 4.74 Å². The van der Waals surface area contributed by atoms with Gasteiger partial charge < -0.3 is 10.1 Å². The maximum atomic E-state index is 12.5. The number of anilines is 1. The zero-order valence-corrected chi connectivity index (χ0v) is 13.2. The molecule has 0 spiro atoms. The van der Waals surface area contributed by atoms with Crippen LogP contribution < -0.4 is 15.6 Å². The lowest BCUT2D eigenvalue weighted by Crippen LogP contribution is -2.25. The molecule has 0 atom stereocenters. The molecule has 8 nitrogen and oxygen atoms in total. The molecule has 3 heterocycles. The van der Waals surface area contributed by atoms with Gasteiger partial charge in [-0.05, 0) is 37.6 Å². The van der Waals surface area contributed by atoms with E-state index in [1.54, 1.807) is 32.0 Å². The summed E-state index contributed by atoms with van der Waals surface area (Å²) in [7, 11) is 0. The molecule has 24 heavy (non-hydrogen) atoms. The van der Waals surface area contributed by atoms with Gasteiger partial charge in [0.05, 0.1) is 12.3 Å². The van der Waals surface area contributed by atoms with Gasteiger partial charge in [0.15, 0.2) is 0 Å². The fourth-order valence-electron chi connectivity index (χ4n) is 2.78. The normalized spacial score (nSPS) is 12.9. The lowest BCUT2D eigenvalue weighted by Gasteiger charge is -2.08. The molecule has 0 radical (unpaired) electrons. The highest BCUT2D eigenvalue weighted by Gasteiger charge is 2.18. The van der Waals surface area contributed by atoms with Gasteiger partial charge in [-0.2, -0.15) is 9.50 Å². The molecule has 2 N–H and O–H groups in total. The number of benzene rings is 1. The number of carbonyl (C=O) groups excluding carboxylic acids is 1. The average Bonchev–Trinajstić information content (AvgIpc) is 3.16. The Morgan fingerprint density at radius 1 is 1.33 bits per heavy atom. The molecule has 0 unspecified atom stereocenters. The highest BCUT2D eigenvalue weighted by molar-refractivity contribution is 6.04. The van der Waals surface area contributed by atoms with Crippen molar-refractivity contribution in [3.8, 4) is 5.75 Å². The van der Waals surface area contributed by atoms with E-state index in [1.807, 2.05) is 0 Å². The van der Waals surface area contributed by atoms with Gasteiger partial charge in [-0.15, -0.1) is 0 Å². The number of fused-ring (bicyclic) bond motifs is 2. The van der Waals surface area contributed by atoms with Crippen molar-refractivity contribution in [1.29, 1.82) is 0 Å². The first kappa shape index (κ1) is 14.4. The summed E-state index contributed by atoms with van der Waals surface area (Å²) in [5.41, 5.74) is 1.64. The molecule has 1 aliphatic rings. The van der Waals surface area contributed by atoms with Crippen LogP contribution in [0.3, 0.4) is 0 Å². The second-order valence-electron chi connectivity index (χ2n) is 5.70. The van der Waals surface area contributed by atoms with Crippen LogP contribution in [0.5, 0.6) is 5.75 Å². The Morgan fingerprint density at radius 2 is 2.17 bits per heavy atom. The first-order valence-corrected chi connectivity index (χ1v) is 7.56. The molecule has 1 aromatic carbocycles. The lowest BCUT2D eigenvalue weighted by molar-refractivity contribution is 0.102. The number of hydrogen-bond donors (Lipinski definition) is 2. The Balaban J connectivity index is 1.71. The van der Waals surface area contributed by atoms with Crippen molar-refractivity contribution in [2.75, 3.05) is 11.9 Å². The van der Waals surface area contributed by atoms with Crippen molar-refractivity contribution in [3.63, 3.8) is 0 Å². The van der Waals surface area contributed by atoms with Gasteiger partial charge in [-0.3, -0.25) is 14.7 Å². The van der Waals surface area contributed by atoms with Gasteiger partial charge >= 0.3 is 0 Å². The third-order valence-corrected chi connectivity index (χ3v) is 3.98. The van der Waals surface area contributed by atoms with E-state index in [2.05, 4.69) is 20.4 Å². The van der Waals surface area contributed by atoms with Crippen molar-refractivity contribution in [2.45, 2.75) is 20.3 Å². The van der Waals surface area contributed by atoms with Crippen molar-refractivity contribution >= 4 is 17.4 Å². The van der Waals surface area contributed by atoms with E-state index in [1.165, 1.54) is 4.52 Å². The second-order valence-corrected chi connectivity index (χ2v) is 5.70. The summed E-state index contributed by atoms with van der Waals surface area (Å²) in [6.07, 6.45) is 0.777. The van der Waals surface area contributed by atoms with Crippen LogP contribution >= 0.6 is 0 Å². The van der Waals surface area contributed by atoms with Crippen molar-refractivity contribution in [1.82, 2.24) is 19.6 Å². The molecular weight excluding hydrogens is 310 g/mol. The summed E-state index contributed by atoms with van der Waals surface area (Å²) < 4.78 is 6.65. The first-order chi connectivity index (χ1) is 11.5. The minimum Gasteiger partial charge on any atom is -0.493 e. The molecular formula is C16H15N5O3. The smallest absolute Gasteiger partial charge is 0.298 e. The Labute approximate surface area is 136 Å². The number of ether oxygens (including phenoxy) is 1. The van der Waals surface area contributed by atoms with E-state index in [-0.39, 0.29) is 17.4 Å². The largest absolute Gasteiger partial charge is 0.493 e. The third kappa shape index (κ3) is 2.23. The van der Waals surface area contributed by atoms with Gasteiger partial charge in [-0.1, -0.05) is 0 Å². The maximum Gasteiger partial charge on any atom is 0.298 e. The summed E-state index contributed by atoms with van der Waals surface area (Å²) >= 11 is 0. The van der Waals surface area contributed by atoms with Crippen LogP contribution in [0, 0.1) is 13.8 Å². The predicted molar refractivity (Wildman–Crippen MR) is 86.7 cm³/mol. The van der Waals surface area contributed by atoms with E-state index in [0.717, 1.165) is 17.7 Å². The number of carbonyl (C=O) groups is 1. The molecule has 122 valence electrons. The van der Waals surface area contributed by atoms with Crippen molar-refractivity contribution in [2.24, 2.45) is 0 Å². The third-order valence-electron chi connectivity index (χ3n) is 3.98. The molecule has 2 aromatic heterocycles. The highest BCUT2D eigenvalue weighted by atomic mass is 16.5.